The standard InChI is InChI=1S/C21H22ClN3O5/c1-3-11-29-21-15(5-4-6-18(21)28-2)12-24-25-19(26)13-23-20(27)14-30-17-9-7-16(22)8-10-17/h3-10,12H,1,11,13-14H2,2H3,(H,23,27)(H,25,26)/b24-12-. The molecule has 2 N–H and O–H groups in total. The van der Waals surface area contributed by atoms with Crippen LogP contribution in [-0.2, 0) is 9.59 Å². The van der Waals surface area contributed by atoms with Gasteiger partial charge in [0.05, 0.1) is 19.9 Å². The molecule has 0 bridgehead atoms. The predicted molar refractivity (Wildman–Crippen MR) is 114 cm³/mol. The Morgan fingerprint density at radius 3 is 2.60 bits per heavy atom. The summed E-state index contributed by atoms with van der Waals surface area (Å²) in [7, 11) is 1.53. The quantitative estimate of drug-likeness (QED) is 0.323. The number of hydrogen-bond acceptors (Lipinski definition) is 6. The van der Waals surface area contributed by atoms with Crippen molar-refractivity contribution < 1.29 is 23.8 Å². The van der Waals surface area contributed by atoms with E-state index in [1.165, 1.54) is 13.3 Å². The van der Waals surface area contributed by atoms with Crippen LogP contribution in [0.25, 0.3) is 0 Å². The van der Waals surface area contributed by atoms with Crippen molar-refractivity contribution in [2.45, 2.75) is 0 Å². The fourth-order valence-electron chi connectivity index (χ4n) is 2.21. The first-order valence-electron chi connectivity index (χ1n) is 8.91. The number of rotatable bonds is 11. The van der Waals surface area contributed by atoms with Crippen LogP contribution < -0.4 is 25.0 Å². The van der Waals surface area contributed by atoms with E-state index in [0.717, 1.165) is 0 Å². The van der Waals surface area contributed by atoms with E-state index >= 15 is 0 Å². The molecule has 0 aromatic heterocycles. The maximum atomic E-state index is 11.9. The highest BCUT2D eigenvalue weighted by atomic mass is 35.5. The number of para-hydroxylation sites is 1. The lowest BCUT2D eigenvalue weighted by molar-refractivity contribution is -0.127. The molecule has 0 saturated carbocycles. The van der Waals surface area contributed by atoms with Crippen LogP contribution in [0.4, 0.5) is 0 Å². The van der Waals surface area contributed by atoms with Gasteiger partial charge in [-0.2, -0.15) is 5.10 Å². The van der Waals surface area contributed by atoms with Crippen LogP contribution in [0.2, 0.25) is 5.02 Å². The number of carbonyl (C=O) groups is 2. The molecule has 30 heavy (non-hydrogen) atoms. The normalized spacial score (nSPS) is 10.3. The number of nitrogens with zero attached hydrogens (tertiary/aromatic N) is 1. The Kier molecular flexibility index (Phi) is 9.20. The van der Waals surface area contributed by atoms with Crippen molar-refractivity contribution in [2.75, 3.05) is 26.9 Å². The molecule has 2 aromatic rings. The van der Waals surface area contributed by atoms with Crippen LogP contribution in [-0.4, -0.2) is 44.9 Å². The Balaban J connectivity index is 1.80. The van der Waals surface area contributed by atoms with Gasteiger partial charge in [-0.05, 0) is 36.4 Å². The van der Waals surface area contributed by atoms with E-state index in [9.17, 15) is 9.59 Å². The Morgan fingerprint density at radius 1 is 1.13 bits per heavy atom. The van der Waals surface area contributed by atoms with Crippen LogP contribution in [0.5, 0.6) is 17.2 Å². The number of ether oxygens (including phenoxy) is 3. The van der Waals surface area contributed by atoms with Crippen molar-refractivity contribution in [2.24, 2.45) is 5.10 Å². The summed E-state index contributed by atoms with van der Waals surface area (Å²) in [6.45, 7) is 3.42. The van der Waals surface area contributed by atoms with E-state index in [1.807, 2.05) is 0 Å². The second kappa shape index (κ2) is 12.1. The average molecular weight is 432 g/mol. The lowest BCUT2D eigenvalue weighted by Gasteiger charge is -2.11. The number of hydrogen-bond donors (Lipinski definition) is 2. The summed E-state index contributed by atoms with van der Waals surface area (Å²) in [5, 5.41) is 6.89. The highest BCUT2D eigenvalue weighted by Crippen LogP contribution is 2.30. The Hall–Kier alpha value is -3.52. The summed E-state index contributed by atoms with van der Waals surface area (Å²) >= 11 is 5.78. The van der Waals surface area contributed by atoms with E-state index in [4.69, 9.17) is 25.8 Å². The zero-order valence-corrected chi connectivity index (χ0v) is 17.1. The lowest BCUT2D eigenvalue weighted by Crippen LogP contribution is -2.37. The number of amides is 2. The minimum absolute atomic E-state index is 0.230. The van der Waals surface area contributed by atoms with Crippen molar-refractivity contribution in [1.29, 1.82) is 0 Å². The van der Waals surface area contributed by atoms with Gasteiger partial charge < -0.3 is 19.5 Å². The van der Waals surface area contributed by atoms with E-state index in [1.54, 1.807) is 48.5 Å². The molecular formula is C21H22ClN3O5. The third-order valence-electron chi connectivity index (χ3n) is 3.60. The molecule has 0 aliphatic heterocycles. The fraction of sp³-hybridized carbons (Fsp3) is 0.190. The van der Waals surface area contributed by atoms with Gasteiger partial charge in [0.25, 0.3) is 11.8 Å². The molecule has 0 heterocycles. The molecule has 158 valence electrons. The number of benzene rings is 2. The molecular weight excluding hydrogens is 410 g/mol. The number of methoxy groups -OCH3 is 1. The number of halogens is 1. The Labute approximate surface area is 179 Å². The molecule has 9 heteroatoms. The molecule has 8 nitrogen and oxygen atoms in total. The SMILES string of the molecule is C=CCOc1c(/C=N\NC(=O)CNC(=O)COc2ccc(Cl)cc2)cccc1OC. The summed E-state index contributed by atoms with van der Waals surface area (Å²) in [5.41, 5.74) is 2.94. The lowest BCUT2D eigenvalue weighted by atomic mass is 10.2. The summed E-state index contributed by atoms with van der Waals surface area (Å²) in [6, 6.07) is 11.9. The maximum Gasteiger partial charge on any atom is 0.259 e. The third kappa shape index (κ3) is 7.48. The highest BCUT2D eigenvalue weighted by molar-refractivity contribution is 6.30. The maximum absolute atomic E-state index is 11.9. The summed E-state index contributed by atoms with van der Waals surface area (Å²) in [4.78, 5) is 23.6. The highest BCUT2D eigenvalue weighted by Gasteiger charge is 2.09. The molecule has 2 rings (SSSR count). The van der Waals surface area contributed by atoms with Gasteiger partial charge in [-0.15, -0.1) is 0 Å². The zero-order valence-electron chi connectivity index (χ0n) is 16.4. The van der Waals surface area contributed by atoms with Gasteiger partial charge in [0.15, 0.2) is 18.1 Å². The van der Waals surface area contributed by atoms with Crippen molar-refractivity contribution in [3.05, 3.63) is 65.7 Å². The monoisotopic (exact) mass is 431 g/mol. The van der Waals surface area contributed by atoms with Gasteiger partial charge in [0.1, 0.15) is 12.4 Å². The number of carbonyl (C=O) groups excluding carboxylic acids is 2. The first-order valence-corrected chi connectivity index (χ1v) is 9.29. The molecule has 0 unspecified atom stereocenters. The minimum Gasteiger partial charge on any atom is -0.493 e. The average Bonchev–Trinajstić information content (AvgIpc) is 2.76. The van der Waals surface area contributed by atoms with Gasteiger partial charge in [0, 0.05) is 10.6 Å². The molecule has 0 saturated heterocycles. The summed E-state index contributed by atoms with van der Waals surface area (Å²) < 4.78 is 16.1. The first kappa shape index (κ1) is 22.8. The number of nitrogens with one attached hydrogen (secondary N) is 2. The molecule has 0 fully saturated rings. The number of hydrazone groups is 1. The largest absolute Gasteiger partial charge is 0.493 e. The molecule has 0 aliphatic rings. The van der Waals surface area contributed by atoms with E-state index in [2.05, 4.69) is 22.4 Å². The van der Waals surface area contributed by atoms with Crippen molar-refractivity contribution in [3.63, 3.8) is 0 Å². The molecule has 2 amide bonds. The third-order valence-corrected chi connectivity index (χ3v) is 3.85. The Morgan fingerprint density at radius 2 is 1.90 bits per heavy atom. The summed E-state index contributed by atoms with van der Waals surface area (Å²) in [5.74, 6) is 0.557. The van der Waals surface area contributed by atoms with E-state index in [-0.39, 0.29) is 19.8 Å². The smallest absolute Gasteiger partial charge is 0.259 e. The van der Waals surface area contributed by atoms with Crippen LogP contribution in [0.1, 0.15) is 5.56 Å². The predicted octanol–water partition coefficient (Wildman–Crippen LogP) is 2.56. The van der Waals surface area contributed by atoms with Crippen LogP contribution in [0, 0.1) is 0 Å². The van der Waals surface area contributed by atoms with E-state index in [0.29, 0.717) is 27.8 Å². The topological polar surface area (TPSA) is 98.2 Å². The molecule has 0 radical (unpaired) electrons. The molecule has 0 atom stereocenters. The first-order chi connectivity index (χ1) is 14.5. The van der Waals surface area contributed by atoms with Crippen LogP contribution in [0.3, 0.4) is 0 Å². The summed E-state index contributed by atoms with van der Waals surface area (Å²) in [6.07, 6.45) is 3.03. The van der Waals surface area contributed by atoms with Gasteiger partial charge in [-0.25, -0.2) is 5.43 Å². The fourth-order valence-corrected chi connectivity index (χ4v) is 2.34. The second-order valence-electron chi connectivity index (χ2n) is 5.79. The van der Waals surface area contributed by atoms with Crippen molar-refractivity contribution >= 4 is 29.6 Å². The molecule has 0 spiro atoms. The second-order valence-corrected chi connectivity index (χ2v) is 6.23. The van der Waals surface area contributed by atoms with Gasteiger partial charge >= 0.3 is 0 Å². The van der Waals surface area contributed by atoms with Crippen molar-refractivity contribution in [1.82, 2.24) is 10.7 Å². The van der Waals surface area contributed by atoms with Gasteiger partial charge in [-0.3, -0.25) is 9.59 Å². The molecule has 0 aliphatic carbocycles. The van der Waals surface area contributed by atoms with E-state index < -0.39 is 11.8 Å². The van der Waals surface area contributed by atoms with Gasteiger partial charge in [-0.1, -0.05) is 30.3 Å². The minimum atomic E-state index is -0.498. The van der Waals surface area contributed by atoms with Crippen LogP contribution >= 0.6 is 11.6 Å². The van der Waals surface area contributed by atoms with Crippen molar-refractivity contribution in [3.8, 4) is 17.2 Å². The Bertz CT molecular complexity index is 900. The zero-order chi connectivity index (χ0) is 21.8. The van der Waals surface area contributed by atoms with Gasteiger partial charge in [0.2, 0.25) is 0 Å². The van der Waals surface area contributed by atoms with Crippen LogP contribution in [0.15, 0.2) is 60.2 Å². The molecule has 2 aromatic carbocycles.